The fourth-order valence-corrected chi connectivity index (χ4v) is 6.10. The van der Waals surface area contributed by atoms with Gasteiger partial charge in [-0.2, -0.15) is 0 Å². The first kappa shape index (κ1) is 31.7. The molecule has 0 amide bonds. The largest absolute Gasteiger partial charge is 0.450 e. The van der Waals surface area contributed by atoms with Gasteiger partial charge in [0.25, 0.3) is 0 Å². The van der Waals surface area contributed by atoms with Crippen LogP contribution >= 0.6 is 12.2 Å². The minimum atomic E-state index is -1.21. The van der Waals surface area contributed by atoms with Crippen molar-refractivity contribution in [2.45, 2.75) is 77.9 Å². The molecule has 1 fully saturated rings. The molecule has 2 aromatic heterocycles. The first-order valence-electron chi connectivity index (χ1n) is 14.3. The number of halogens is 2. The number of aliphatic hydroxyl groups excluding tert-OH is 1. The van der Waals surface area contributed by atoms with E-state index in [9.17, 15) is 5.11 Å². The van der Waals surface area contributed by atoms with E-state index < -0.39 is 25.5 Å². The maximum Gasteiger partial charge on any atom is 0.198 e. The van der Waals surface area contributed by atoms with Crippen LogP contribution in [0.2, 0.25) is 25.7 Å². The number of nitrogens with zero attached hydrogens (tertiary/aromatic N) is 2. The summed E-state index contributed by atoms with van der Waals surface area (Å²) in [5, 5.41) is 10.5. The standard InChI is InChI=1S/C31H42F2N2O4SSi/c1-21(2)24-17-35(20-38-12-13-41(3,4)5)30-28(24)27(7-10-34-30)39-29-25(32)15-22(16-26(29)33)14-23(40)6-8-31(18-36)9-11-37-19-31/h7,10,15-17,21,36H,6,8-9,11-14,18-20H2,1-5H3. The third kappa shape index (κ3) is 7.98. The molecule has 0 aliphatic carbocycles. The average Bonchev–Trinajstić information content (AvgIpc) is 3.53. The SMILES string of the molecule is CC(C)c1cn(COCC[Si](C)(C)C)c2nccc(Oc3c(F)cc(CC(=S)CCC4(CO)CCOC4)cc3F)c12. The van der Waals surface area contributed by atoms with Crippen molar-refractivity contribution in [3.63, 3.8) is 0 Å². The molecule has 1 aliphatic rings. The van der Waals surface area contributed by atoms with Gasteiger partial charge in [-0.15, -0.1) is 0 Å². The number of pyridine rings is 1. The summed E-state index contributed by atoms with van der Waals surface area (Å²) in [6.07, 6.45) is 5.89. The molecule has 1 saturated heterocycles. The Morgan fingerprint density at radius 3 is 2.59 bits per heavy atom. The van der Waals surface area contributed by atoms with Gasteiger partial charge in [-0.3, -0.25) is 0 Å². The second kappa shape index (κ2) is 13.4. The van der Waals surface area contributed by atoms with Crippen molar-refractivity contribution in [1.29, 1.82) is 0 Å². The normalized spacial score (nSPS) is 17.6. The Morgan fingerprint density at radius 1 is 1.24 bits per heavy atom. The highest BCUT2D eigenvalue weighted by molar-refractivity contribution is 7.80. The Morgan fingerprint density at radius 2 is 1.98 bits per heavy atom. The maximum absolute atomic E-state index is 15.3. The number of rotatable bonds is 14. The van der Waals surface area contributed by atoms with E-state index in [0.29, 0.717) is 66.6 Å². The van der Waals surface area contributed by atoms with Crippen LogP contribution in [-0.2, 0) is 22.6 Å². The van der Waals surface area contributed by atoms with Crippen LogP contribution in [0.1, 0.15) is 50.2 Å². The van der Waals surface area contributed by atoms with Gasteiger partial charge < -0.3 is 23.9 Å². The van der Waals surface area contributed by atoms with E-state index in [-0.39, 0.29) is 24.4 Å². The number of aromatic nitrogens is 2. The lowest BCUT2D eigenvalue weighted by molar-refractivity contribution is 0.0882. The minimum absolute atomic E-state index is 0.0424. The van der Waals surface area contributed by atoms with Gasteiger partial charge >= 0.3 is 0 Å². The molecule has 3 heterocycles. The number of ether oxygens (including phenoxy) is 3. The van der Waals surface area contributed by atoms with Crippen LogP contribution in [0.4, 0.5) is 8.78 Å². The van der Waals surface area contributed by atoms with Gasteiger partial charge in [0, 0.05) is 45.5 Å². The topological polar surface area (TPSA) is 65.7 Å². The van der Waals surface area contributed by atoms with Crippen molar-refractivity contribution in [1.82, 2.24) is 9.55 Å². The molecule has 1 unspecified atom stereocenters. The van der Waals surface area contributed by atoms with Crippen LogP contribution in [0.5, 0.6) is 11.5 Å². The molecule has 224 valence electrons. The molecule has 0 saturated carbocycles. The fourth-order valence-electron chi connectivity index (χ4n) is 5.07. The molecule has 1 N–H and O–H groups in total. The Bertz CT molecular complexity index is 1340. The maximum atomic E-state index is 15.3. The number of benzene rings is 1. The molecule has 1 atom stereocenters. The zero-order valence-corrected chi connectivity index (χ0v) is 26.6. The molecular formula is C31H42F2N2O4SSi. The molecule has 0 radical (unpaired) electrons. The van der Waals surface area contributed by atoms with Crippen molar-refractivity contribution in [2.24, 2.45) is 5.41 Å². The van der Waals surface area contributed by atoms with Crippen molar-refractivity contribution in [3.05, 3.63) is 53.4 Å². The van der Waals surface area contributed by atoms with Gasteiger partial charge in [-0.05, 0) is 65.4 Å². The quantitative estimate of drug-likeness (QED) is 0.116. The number of thiocarbonyl (C=S) groups is 1. The smallest absolute Gasteiger partial charge is 0.198 e. The van der Waals surface area contributed by atoms with Gasteiger partial charge in [-0.25, -0.2) is 13.8 Å². The Labute approximate surface area is 248 Å². The highest BCUT2D eigenvalue weighted by atomic mass is 32.1. The first-order valence-corrected chi connectivity index (χ1v) is 18.4. The molecule has 1 aliphatic heterocycles. The van der Waals surface area contributed by atoms with E-state index in [1.54, 1.807) is 12.3 Å². The zero-order chi connectivity index (χ0) is 29.8. The van der Waals surface area contributed by atoms with Crippen molar-refractivity contribution in [3.8, 4) is 11.5 Å². The third-order valence-electron chi connectivity index (χ3n) is 7.72. The van der Waals surface area contributed by atoms with E-state index in [2.05, 4.69) is 38.5 Å². The lowest BCUT2D eigenvalue weighted by Crippen LogP contribution is -2.26. The summed E-state index contributed by atoms with van der Waals surface area (Å²) in [5.41, 5.74) is 1.79. The zero-order valence-electron chi connectivity index (χ0n) is 24.8. The Balaban J connectivity index is 1.50. The van der Waals surface area contributed by atoms with E-state index in [0.717, 1.165) is 18.0 Å². The predicted octanol–water partition coefficient (Wildman–Crippen LogP) is 7.63. The van der Waals surface area contributed by atoms with E-state index in [4.69, 9.17) is 26.4 Å². The molecule has 4 rings (SSSR count). The van der Waals surface area contributed by atoms with Gasteiger partial charge in [0.2, 0.25) is 0 Å². The predicted molar refractivity (Wildman–Crippen MR) is 165 cm³/mol. The molecule has 1 aromatic carbocycles. The Hall–Kier alpha value is -2.24. The summed E-state index contributed by atoms with van der Waals surface area (Å²) in [5.74, 6) is -1.56. The van der Waals surface area contributed by atoms with E-state index in [1.807, 2.05) is 10.8 Å². The van der Waals surface area contributed by atoms with Crippen LogP contribution in [0, 0.1) is 17.0 Å². The van der Waals surface area contributed by atoms with Crippen LogP contribution in [0.3, 0.4) is 0 Å². The van der Waals surface area contributed by atoms with Crippen LogP contribution in [0.15, 0.2) is 30.6 Å². The number of fused-ring (bicyclic) bond motifs is 1. The minimum Gasteiger partial charge on any atom is -0.450 e. The van der Waals surface area contributed by atoms with Crippen LogP contribution in [0.25, 0.3) is 11.0 Å². The van der Waals surface area contributed by atoms with Crippen LogP contribution < -0.4 is 4.74 Å². The number of hydrogen-bond acceptors (Lipinski definition) is 6. The van der Waals surface area contributed by atoms with Crippen molar-refractivity contribution < 1.29 is 28.1 Å². The highest BCUT2D eigenvalue weighted by Crippen LogP contribution is 2.38. The van der Waals surface area contributed by atoms with Crippen molar-refractivity contribution in [2.75, 3.05) is 26.4 Å². The fraction of sp³-hybridized carbons (Fsp3) is 0.548. The molecule has 0 spiro atoms. The third-order valence-corrected chi connectivity index (χ3v) is 9.78. The average molecular weight is 605 g/mol. The second-order valence-electron chi connectivity index (χ2n) is 12.7. The van der Waals surface area contributed by atoms with Crippen LogP contribution in [-0.4, -0.2) is 54.0 Å². The molecule has 3 aromatic rings. The van der Waals surface area contributed by atoms with Gasteiger partial charge in [0.15, 0.2) is 17.4 Å². The highest BCUT2D eigenvalue weighted by Gasteiger charge is 2.34. The summed E-state index contributed by atoms with van der Waals surface area (Å²) in [6.45, 7) is 13.2. The van der Waals surface area contributed by atoms with Gasteiger partial charge in [-0.1, -0.05) is 45.7 Å². The second-order valence-corrected chi connectivity index (χ2v) is 18.9. The van der Waals surface area contributed by atoms with E-state index in [1.165, 1.54) is 12.1 Å². The summed E-state index contributed by atoms with van der Waals surface area (Å²) in [6, 6.07) is 5.26. The Kier molecular flexibility index (Phi) is 10.3. The molecule has 0 bridgehead atoms. The summed E-state index contributed by atoms with van der Waals surface area (Å²) in [4.78, 5) is 5.23. The summed E-state index contributed by atoms with van der Waals surface area (Å²) < 4.78 is 49.8. The summed E-state index contributed by atoms with van der Waals surface area (Å²) >= 11 is 5.53. The van der Waals surface area contributed by atoms with Gasteiger partial charge in [0.1, 0.15) is 18.1 Å². The first-order chi connectivity index (χ1) is 19.4. The molecule has 41 heavy (non-hydrogen) atoms. The molecule has 10 heteroatoms. The van der Waals surface area contributed by atoms with Gasteiger partial charge in [0.05, 0.1) is 18.6 Å². The number of hydrogen-bond donors (Lipinski definition) is 1. The summed E-state index contributed by atoms with van der Waals surface area (Å²) in [7, 11) is -1.21. The molecule has 6 nitrogen and oxygen atoms in total. The van der Waals surface area contributed by atoms with E-state index >= 15 is 8.78 Å². The monoisotopic (exact) mass is 604 g/mol. The lowest BCUT2D eigenvalue weighted by atomic mass is 9.82. The molecular weight excluding hydrogens is 563 g/mol. The number of aliphatic hydroxyl groups is 1. The van der Waals surface area contributed by atoms with Crippen molar-refractivity contribution >= 4 is 36.2 Å². The lowest BCUT2D eigenvalue weighted by Gasteiger charge is -2.24.